The molecule has 3 aromatic heterocycles. The summed E-state index contributed by atoms with van der Waals surface area (Å²) in [5, 5.41) is 6.94. The van der Waals surface area contributed by atoms with Crippen molar-refractivity contribution < 1.29 is 9.53 Å². The van der Waals surface area contributed by atoms with Crippen molar-refractivity contribution in [3.63, 3.8) is 0 Å². The molecule has 0 bridgehead atoms. The summed E-state index contributed by atoms with van der Waals surface area (Å²) in [7, 11) is 3.87. The number of nitrogens with one attached hydrogen (secondary N) is 2. The summed E-state index contributed by atoms with van der Waals surface area (Å²) in [5.74, 6) is 0.790. The molecule has 25 heavy (non-hydrogen) atoms. The van der Waals surface area contributed by atoms with Crippen molar-refractivity contribution in [3.8, 4) is 5.88 Å². The van der Waals surface area contributed by atoms with Gasteiger partial charge in [-0.3, -0.25) is 9.48 Å². The van der Waals surface area contributed by atoms with Gasteiger partial charge in [0.05, 0.1) is 11.1 Å². The van der Waals surface area contributed by atoms with Crippen LogP contribution in [0.5, 0.6) is 5.88 Å². The summed E-state index contributed by atoms with van der Waals surface area (Å²) in [4.78, 5) is 22.4. The number of aryl methyl sites for hydroxylation is 1. The van der Waals surface area contributed by atoms with E-state index in [0.717, 1.165) is 25.0 Å². The van der Waals surface area contributed by atoms with Crippen molar-refractivity contribution >= 4 is 22.8 Å². The van der Waals surface area contributed by atoms with Gasteiger partial charge in [-0.25, -0.2) is 4.98 Å². The molecule has 1 aliphatic rings. The van der Waals surface area contributed by atoms with Crippen molar-refractivity contribution in [2.45, 2.75) is 12.5 Å². The Balaban J connectivity index is 1.56. The molecule has 1 aliphatic heterocycles. The number of likely N-dealkylation sites (tertiary alicyclic amines) is 1. The topological polar surface area (TPSA) is 88.1 Å². The molecule has 130 valence electrons. The molecule has 0 spiro atoms. The number of anilines is 1. The van der Waals surface area contributed by atoms with Crippen LogP contribution in [-0.2, 0) is 7.05 Å². The number of H-pyrrole nitrogens is 1. The standard InChI is InChI=1S/C17H20N6O2/c1-22-7-5-11(10-22)25-15-4-3-13-16(20-15)12(9-18-13)17(24)19-14-6-8-23(2)21-14/h3-4,6,8-9,11,18H,5,7,10H2,1-2H3,(H,19,21,24). The van der Waals surface area contributed by atoms with Gasteiger partial charge in [0.25, 0.3) is 5.91 Å². The van der Waals surface area contributed by atoms with Crippen LogP contribution in [0.3, 0.4) is 0 Å². The lowest BCUT2D eigenvalue weighted by atomic mass is 10.2. The number of pyridine rings is 1. The highest BCUT2D eigenvalue weighted by molar-refractivity contribution is 6.11. The van der Waals surface area contributed by atoms with Crippen LogP contribution < -0.4 is 10.1 Å². The van der Waals surface area contributed by atoms with Gasteiger partial charge in [-0.15, -0.1) is 0 Å². The van der Waals surface area contributed by atoms with Crippen molar-refractivity contribution in [2.24, 2.45) is 7.05 Å². The number of aromatic amines is 1. The maximum absolute atomic E-state index is 12.5. The van der Waals surface area contributed by atoms with Gasteiger partial charge in [-0.05, 0) is 19.5 Å². The summed E-state index contributed by atoms with van der Waals surface area (Å²) in [6, 6.07) is 5.46. The van der Waals surface area contributed by atoms with Crippen LogP contribution in [0.4, 0.5) is 5.82 Å². The summed E-state index contributed by atoms with van der Waals surface area (Å²) >= 11 is 0. The number of aromatic nitrogens is 4. The Morgan fingerprint density at radius 3 is 2.96 bits per heavy atom. The van der Waals surface area contributed by atoms with Gasteiger partial charge in [0.1, 0.15) is 11.6 Å². The lowest BCUT2D eigenvalue weighted by Crippen LogP contribution is -2.21. The summed E-state index contributed by atoms with van der Waals surface area (Å²) in [6.45, 7) is 1.91. The predicted molar refractivity (Wildman–Crippen MR) is 93.8 cm³/mol. The molecule has 1 saturated heterocycles. The fourth-order valence-electron chi connectivity index (χ4n) is 3.05. The van der Waals surface area contributed by atoms with Gasteiger partial charge in [0.15, 0.2) is 5.82 Å². The number of nitrogens with zero attached hydrogens (tertiary/aromatic N) is 4. The van der Waals surface area contributed by atoms with E-state index in [1.807, 2.05) is 12.1 Å². The summed E-state index contributed by atoms with van der Waals surface area (Å²) < 4.78 is 7.60. The normalized spacial score (nSPS) is 17.9. The zero-order valence-corrected chi connectivity index (χ0v) is 14.2. The van der Waals surface area contributed by atoms with Gasteiger partial charge in [-0.1, -0.05) is 0 Å². The summed E-state index contributed by atoms with van der Waals surface area (Å²) in [5.41, 5.74) is 1.86. The number of fused-ring (bicyclic) bond motifs is 1. The molecular formula is C17H20N6O2. The smallest absolute Gasteiger partial charge is 0.260 e. The van der Waals surface area contributed by atoms with Crippen LogP contribution >= 0.6 is 0 Å². The minimum atomic E-state index is -0.254. The van der Waals surface area contributed by atoms with Crippen LogP contribution in [0.2, 0.25) is 0 Å². The number of amides is 1. The Labute approximate surface area is 144 Å². The Hall–Kier alpha value is -2.87. The molecule has 8 nitrogen and oxygen atoms in total. The monoisotopic (exact) mass is 340 g/mol. The van der Waals surface area contributed by atoms with Crippen molar-refractivity contribution in [3.05, 3.63) is 36.2 Å². The van der Waals surface area contributed by atoms with Gasteiger partial charge >= 0.3 is 0 Å². The number of likely N-dealkylation sites (N-methyl/N-ethyl adjacent to an activating group) is 1. The summed E-state index contributed by atoms with van der Waals surface area (Å²) in [6.07, 6.45) is 4.55. The molecule has 1 atom stereocenters. The Morgan fingerprint density at radius 1 is 1.36 bits per heavy atom. The van der Waals surface area contributed by atoms with Crippen LogP contribution in [0.1, 0.15) is 16.8 Å². The predicted octanol–water partition coefficient (Wildman–Crippen LogP) is 1.63. The fraction of sp³-hybridized carbons (Fsp3) is 0.353. The van der Waals surface area contributed by atoms with Crippen LogP contribution in [0.25, 0.3) is 11.0 Å². The van der Waals surface area contributed by atoms with Crippen molar-refractivity contribution in [2.75, 3.05) is 25.5 Å². The minimum absolute atomic E-state index is 0.139. The lowest BCUT2D eigenvalue weighted by Gasteiger charge is -2.12. The van der Waals surface area contributed by atoms with E-state index < -0.39 is 0 Å². The molecule has 1 unspecified atom stereocenters. The van der Waals surface area contributed by atoms with E-state index in [9.17, 15) is 4.79 Å². The van der Waals surface area contributed by atoms with E-state index in [4.69, 9.17) is 4.74 Å². The highest BCUT2D eigenvalue weighted by Crippen LogP contribution is 2.22. The zero-order valence-electron chi connectivity index (χ0n) is 14.2. The Morgan fingerprint density at radius 2 is 2.24 bits per heavy atom. The molecule has 4 heterocycles. The molecule has 4 rings (SSSR count). The van der Waals surface area contributed by atoms with E-state index in [1.54, 1.807) is 30.2 Å². The lowest BCUT2D eigenvalue weighted by molar-refractivity contribution is 0.102. The molecule has 8 heteroatoms. The first kappa shape index (κ1) is 15.6. The maximum atomic E-state index is 12.5. The number of carbonyl (C=O) groups excluding carboxylic acids is 1. The number of carbonyl (C=O) groups is 1. The molecule has 0 aliphatic carbocycles. The Bertz CT molecular complexity index is 915. The number of ether oxygens (including phenoxy) is 1. The highest BCUT2D eigenvalue weighted by Gasteiger charge is 2.22. The molecule has 0 radical (unpaired) electrons. The van der Waals surface area contributed by atoms with Crippen LogP contribution in [0, 0.1) is 0 Å². The average Bonchev–Trinajstić information content (AvgIpc) is 3.28. The van der Waals surface area contributed by atoms with Gasteiger partial charge in [0.2, 0.25) is 5.88 Å². The maximum Gasteiger partial charge on any atom is 0.260 e. The van der Waals surface area contributed by atoms with Gasteiger partial charge in [-0.2, -0.15) is 5.10 Å². The minimum Gasteiger partial charge on any atom is -0.473 e. The second-order valence-electron chi connectivity index (χ2n) is 6.37. The molecule has 2 N–H and O–H groups in total. The third-order valence-corrected chi connectivity index (χ3v) is 4.33. The van der Waals surface area contributed by atoms with E-state index in [0.29, 0.717) is 22.8 Å². The largest absolute Gasteiger partial charge is 0.473 e. The quantitative estimate of drug-likeness (QED) is 0.754. The van der Waals surface area contributed by atoms with Gasteiger partial charge < -0.3 is 19.9 Å². The molecule has 1 fully saturated rings. The SMILES string of the molecule is CN1CCC(Oc2ccc3[nH]cc(C(=O)Nc4ccn(C)n4)c3n2)C1. The highest BCUT2D eigenvalue weighted by atomic mass is 16.5. The first-order valence-corrected chi connectivity index (χ1v) is 8.23. The molecule has 0 saturated carbocycles. The Kier molecular flexibility index (Phi) is 3.89. The molecule has 0 aromatic carbocycles. The van der Waals surface area contributed by atoms with E-state index in [-0.39, 0.29) is 12.0 Å². The first-order valence-electron chi connectivity index (χ1n) is 8.23. The number of hydrogen-bond acceptors (Lipinski definition) is 5. The average molecular weight is 340 g/mol. The van der Waals surface area contributed by atoms with E-state index in [1.165, 1.54) is 0 Å². The number of rotatable bonds is 4. The van der Waals surface area contributed by atoms with E-state index >= 15 is 0 Å². The molecular weight excluding hydrogens is 320 g/mol. The van der Waals surface area contributed by atoms with Crippen LogP contribution in [-0.4, -0.2) is 56.8 Å². The third-order valence-electron chi connectivity index (χ3n) is 4.33. The number of hydrogen-bond donors (Lipinski definition) is 2. The second-order valence-corrected chi connectivity index (χ2v) is 6.37. The zero-order chi connectivity index (χ0) is 17.4. The first-order chi connectivity index (χ1) is 12.1. The van der Waals surface area contributed by atoms with Gasteiger partial charge in [0, 0.05) is 44.7 Å². The fourth-order valence-corrected chi connectivity index (χ4v) is 3.05. The second kappa shape index (κ2) is 6.21. The third kappa shape index (κ3) is 3.20. The molecule has 1 amide bonds. The van der Waals surface area contributed by atoms with E-state index in [2.05, 4.69) is 32.3 Å². The van der Waals surface area contributed by atoms with Crippen LogP contribution in [0.15, 0.2) is 30.6 Å². The van der Waals surface area contributed by atoms with Crippen molar-refractivity contribution in [1.82, 2.24) is 24.6 Å². The van der Waals surface area contributed by atoms with Crippen molar-refractivity contribution in [1.29, 1.82) is 0 Å². The molecule has 3 aromatic rings.